The molecule has 1 aliphatic rings. The zero-order valence-electron chi connectivity index (χ0n) is 18.1. The quantitative estimate of drug-likeness (QED) is 0.619. The molecule has 3 heterocycles. The van der Waals surface area contributed by atoms with Crippen LogP contribution in [0.25, 0.3) is 5.65 Å². The maximum Gasteiger partial charge on any atom is 0.415 e. The van der Waals surface area contributed by atoms with Crippen molar-refractivity contribution in [3.8, 4) is 5.75 Å². The highest BCUT2D eigenvalue weighted by atomic mass is 16.6. The first-order chi connectivity index (χ1) is 15.4. The van der Waals surface area contributed by atoms with Crippen molar-refractivity contribution in [1.29, 1.82) is 0 Å². The fourth-order valence-electron chi connectivity index (χ4n) is 3.41. The molecule has 1 aliphatic heterocycles. The van der Waals surface area contributed by atoms with Gasteiger partial charge < -0.3 is 24.3 Å². The molecule has 32 heavy (non-hydrogen) atoms. The summed E-state index contributed by atoms with van der Waals surface area (Å²) in [5.74, 6) is 0.0531. The van der Waals surface area contributed by atoms with Crippen LogP contribution >= 0.6 is 0 Å². The summed E-state index contributed by atoms with van der Waals surface area (Å²) in [6.45, 7) is 4.68. The molecule has 0 aliphatic carbocycles. The highest BCUT2D eigenvalue weighted by molar-refractivity contribution is 6.04. The summed E-state index contributed by atoms with van der Waals surface area (Å²) < 4.78 is 7.13. The van der Waals surface area contributed by atoms with Crippen molar-refractivity contribution in [3.05, 3.63) is 60.0 Å². The van der Waals surface area contributed by atoms with Crippen LogP contribution in [0.15, 0.2) is 48.8 Å². The molecule has 2 aromatic heterocycles. The van der Waals surface area contributed by atoms with E-state index in [-0.39, 0.29) is 17.8 Å². The monoisotopic (exact) mass is 435 g/mol. The Balaban J connectivity index is 1.38. The van der Waals surface area contributed by atoms with Gasteiger partial charge in [0.25, 0.3) is 5.91 Å². The number of pyridine rings is 1. The Bertz CT molecular complexity index is 1150. The number of hydrogen-bond donors (Lipinski definition) is 1. The van der Waals surface area contributed by atoms with Gasteiger partial charge in [-0.05, 0) is 43.4 Å². The van der Waals surface area contributed by atoms with Crippen molar-refractivity contribution in [2.75, 3.05) is 38.5 Å². The van der Waals surface area contributed by atoms with Gasteiger partial charge in [-0.1, -0.05) is 6.92 Å². The number of aromatic nitrogens is 2. The summed E-state index contributed by atoms with van der Waals surface area (Å²) in [5, 5.41) is 2.83. The lowest BCUT2D eigenvalue weighted by Gasteiger charge is -2.31. The Morgan fingerprint density at radius 1 is 1.00 bits per heavy atom. The van der Waals surface area contributed by atoms with E-state index in [4.69, 9.17) is 4.74 Å². The van der Waals surface area contributed by atoms with Gasteiger partial charge in [-0.15, -0.1) is 0 Å². The second-order valence-corrected chi connectivity index (χ2v) is 7.72. The summed E-state index contributed by atoms with van der Waals surface area (Å²) in [7, 11) is 2.02. The van der Waals surface area contributed by atoms with E-state index in [1.807, 2.05) is 7.05 Å². The van der Waals surface area contributed by atoms with Gasteiger partial charge in [0.05, 0.1) is 5.69 Å². The Morgan fingerprint density at radius 2 is 1.72 bits per heavy atom. The number of amides is 2. The summed E-state index contributed by atoms with van der Waals surface area (Å²) in [5.41, 5.74) is 2.03. The van der Waals surface area contributed by atoms with Crippen LogP contribution in [0.3, 0.4) is 0 Å². The number of nitrogens with zero attached hydrogens (tertiary/aromatic N) is 4. The number of carbonyl (C=O) groups excluding carboxylic acids is 3. The maximum absolute atomic E-state index is 12.6. The Kier molecular flexibility index (Phi) is 6.18. The smallest absolute Gasteiger partial charge is 0.410 e. The third-order valence-electron chi connectivity index (χ3n) is 5.40. The molecule has 4 rings (SSSR count). The highest BCUT2D eigenvalue weighted by Crippen LogP contribution is 2.17. The molecule has 1 aromatic carbocycles. The van der Waals surface area contributed by atoms with Crippen LogP contribution in [0, 0.1) is 0 Å². The van der Waals surface area contributed by atoms with E-state index in [0.717, 1.165) is 13.1 Å². The first-order valence-electron chi connectivity index (χ1n) is 10.5. The van der Waals surface area contributed by atoms with Gasteiger partial charge in [-0.2, -0.15) is 0 Å². The fraction of sp³-hybridized carbons (Fsp3) is 0.304. The minimum absolute atomic E-state index is 0.0345. The first kappa shape index (κ1) is 21.5. The van der Waals surface area contributed by atoms with Crippen molar-refractivity contribution in [2.45, 2.75) is 13.3 Å². The lowest BCUT2D eigenvalue weighted by atomic mass is 10.2. The van der Waals surface area contributed by atoms with Crippen molar-refractivity contribution in [2.24, 2.45) is 0 Å². The third-order valence-corrected chi connectivity index (χ3v) is 5.40. The Hall–Kier alpha value is -3.72. The third kappa shape index (κ3) is 4.78. The van der Waals surface area contributed by atoms with Crippen LogP contribution in [-0.2, 0) is 0 Å². The number of nitrogens with one attached hydrogen (secondary N) is 1. The van der Waals surface area contributed by atoms with Gasteiger partial charge in [0, 0.05) is 50.6 Å². The zero-order chi connectivity index (χ0) is 22.7. The Labute approximate surface area is 185 Å². The number of ether oxygens (including phenoxy) is 1. The summed E-state index contributed by atoms with van der Waals surface area (Å²) in [4.78, 5) is 44.9. The molecule has 2 amide bonds. The molecule has 0 atom stereocenters. The van der Waals surface area contributed by atoms with Crippen LogP contribution in [0.4, 0.5) is 10.5 Å². The van der Waals surface area contributed by atoms with Crippen LogP contribution in [0.1, 0.15) is 34.2 Å². The minimum atomic E-state index is -0.384. The van der Waals surface area contributed by atoms with Crippen LogP contribution in [0.2, 0.25) is 0 Å². The molecule has 0 spiro atoms. The molecule has 166 valence electrons. The zero-order valence-corrected chi connectivity index (χ0v) is 18.1. The molecule has 0 saturated carbocycles. The molecule has 0 radical (unpaired) electrons. The summed E-state index contributed by atoms with van der Waals surface area (Å²) >= 11 is 0. The minimum Gasteiger partial charge on any atom is -0.410 e. The summed E-state index contributed by atoms with van der Waals surface area (Å²) in [6, 6.07) is 9.89. The number of imidazole rings is 1. The highest BCUT2D eigenvalue weighted by Gasteiger charge is 2.20. The lowest BCUT2D eigenvalue weighted by Crippen LogP contribution is -2.48. The molecular formula is C23H25N5O4. The van der Waals surface area contributed by atoms with Gasteiger partial charge in [0.2, 0.25) is 0 Å². The Morgan fingerprint density at radius 3 is 2.41 bits per heavy atom. The second kappa shape index (κ2) is 9.19. The van der Waals surface area contributed by atoms with Gasteiger partial charge >= 0.3 is 6.09 Å². The molecule has 0 unspecified atom stereocenters. The molecule has 9 nitrogen and oxygen atoms in total. The number of rotatable bonds is 5. The normalized spacial score (nSPS) is 14.4. The predicted octanol–water partition coefficient (Wildman–Crippen LogP) is 2.93. The number of hydrogen-bond acceptors (Lipinski definition) is 6. The van der Waals surface area contributed by atoms with Crippen molar-refractivity contribution in [1.82, 2.24) is 19.2 Å². The van der Waals surface area contributed by atoms with E-state index in [0.29, 0.717) is 47.9 Å². The van der Waals surface area contributed by atoms with E-state index in [2.05, 4.69) is 15.2 Å². The number of likely N-dealkylation sites (N-methyl/N-ethyl adjacent to an activating group) is 1. The SMILES string of the molecule is CCC(=O)c1cn2cc(NC(=O)c3ccc(OC(=O)N4CCN(C)CC4)cc3)ccc2n1. The second-order valence-electron chi connectivity index (χ2n) is 7.72. The number of benzene rings is 1. The van der Waals surface area contributed by atoms with Crippen molar-refractivity contribution < 1.29 is 19.1 Å². The molecular weight excluding hydrogens is 410 g/mol. The number of fused-ring (bicyclic) bond motifs is 1. The standard InChI is InChI=1S/C23H25N5O4/c1-3-20(29)19-15-28-14-17(6-9-21(28)25-19)24-22(30)16-4-7-18(8-5-16)32-23(31)27-12-10-26(2)11-13-27/h4-9,14-15H,3,10-13H2,1-2H3,(H,24,30). The van der Waals surface area contributed by atoms with Gasteiger partial charge in [0.15, 0.2) is 5.78 Å². The average Bonchev–Trinajstić information content (AvgIpc) is 3.23. The van der Waals surface area contributed by atoms with Crippen LogP contribution in [-0.4, -0.2) is 70.2 Å². The number of piperazine rings is 1. The predicted molar refractivity (Wildman–Crippen MR) is 119 cm³/mol. The molecule has 0 bridgehead atoms. The van der Waals surface area contributed by atoms with Gasteiger partial charge in [-0.3, -0.25) is 9.59 Å². The van der Waals surface area contributed by atoms with Crippen LogP contribution < -0.4 is 10.1 Å². The van der Waals surface area contributed by atoms with Gasteiger partial charge in [0.1, 0.15) is 17.1 Å². The molecule has 1 N–H and O–H groups in total. The van der Waals surface area contributed by atoms with Crippen molar-refractivity contribution >= 4 is 29.1 Å². The van der Waals surface area contributed by atoms with E-state index in [1.54, 1.807) is 65.0 Å². The first-order valence-corrected chi connectivity index (χ1v) is 10.5. The van der Waals surface area contributed by atoms with E-state index < -0.39 is 0 Å². The number of anilines is 1. The number of carbonyl (C=O) groups is 3. The largest absolute Gasteiger partial charge is 0.415 e. The molecule has 1 fully saturated rings. The summed E-state index contributed by atoms with van der Waals surface area (Å²) in [6.07, 6.45) is 3.36. The van der Waals surface area contributed by atoms with E-state index in [9.17, 15) is 14.4 Å². The average molecular weight is 435 g/mol. The van der Waals surface area contributed by atoms with Crippen molar-refractivity contribution in [3.63, 3.8) is 0 Å². The fourth-order valence-corrected chi connectivity index (χ4v) is 3.41. The number of ketones is 1. The molecule has 3 aromatic rings. The maximum atomic E-state index is 12.6. The molecule has 1 saturated heterocycles. The van der Waals surface area contributed by atoms with Gasteiger partial charge in [-0.25, -0.2) is 9.78 Å². The number of Topliss-reactive ketones (excluding diaryl/α,β-unsaturated/α-hetero) is 1. The molecule has 9 heteroatoms. The van der Waals surface area contributed by atoms with Crippen LogP contribution in [0.5, 0.6) is 5.75 Å². The topological polar surface area (TPSA) is 96.2 Å². The van der Waals surface area contributed by atoms with E-state index in [1.165, 1.54) is 0 Å². The lowest BCUT2D eigenvalue weighted by molar-refractivity contribution is 0.0982. The van der Waals surface area contributed by atoms with E-state index >= 15 is 0 Å².